The molecule has 24 heavy (non-hydrogen) atoms. The van der Waals surface area contributed by atoms with Gasteiger partial charge in [0.2, 0.25) is 5.91 Å². The van der Waals surface area contributed by atoms with Crippen molar-refractivity contribution in [2.24, 2.45) is 5.92 Å². The predicted molar refractivity (Wildman–Crippen MR) is 98.9 cm³/mol. The van der Waals surface area contributed by atoms with Gasteiger partial charge in [-0.2, -0.15) is 0 Å². The van der Waals surface area contributed by atoms with Gasteiger partial charge in [0.1, 0.15) is 0 Å². The second kappa shape index (κ2) is 7.77. The summed E-state index contributed by atoms with van der Waals surface area (Å²) in [5.41, 5.74) is 2.39. The molecule has 0 radical (unpaired) electrons. The number of carbonyl (C=O) groups excluding carboxylic acids is 1. The van der Waals surface area contributed by atoms with Gasteiger partial charge >= 0.3 is 0 Å². The lowest BCUT2D eigenvalue weighted by Gasteiger charge is -2.38. The van der Waals surface area contributed by atoms with Crippen molar-refractivity contribution in [3.8, 4) is 10.4 Å². The first kappa shape index (κ1) is 16.9. The molecule has 1 fully saturated rings. The Labute approximate surface area is 147 Å². The summed E-state index contributed by atoms with van der Waals surface area (Å²) in [6, 6.07) is 12.7. The van der Waals surface area contributed by atoms with Crippen molar-refractivity contribution in [2.45, 2.75) is 25.9 Å². The van der Waals surface area contributed by atoms with Crippen LogP contribution in [0.2, 0.25) is 0 Å². The van der Waals surface area contributed by atoms with E-state index in [9.17, 15) is 4.79 Å². The van der Waals surface area contributed by atoms with Gasteiger partial charge in [-0.15, -0.1) is 11.3 Å². The van der Waals surface area contributed by atoms with Gasteiger partial charge in [0.15, 0.2) is 0 Å². The summed E-state index contributed by atoms with van der Waals surface area (Å²) >= 11 is 1.72. The molecule has 2 atom stereocenters. The van der Waals surface area contributed by atoms with Crippen molar-refractivity contribution < 1.29 is 9.53 Å². The first-order valence-electron chi connectivity index (χ1n) is 8.32. The Morgan fingerprint density at radius 2 is 2.21 bits per heavy atom. The third kappa shape index (κ3) is 3.77. The van der Waals surface area contributed by atoms with Crippen LogP contribution < -0.4 is 0 Å². The number of hydrogen-bond donors (Lipinski definition) is 0. The molecule has 1 aromatic heterocycles. The molecule has 0 spiro atoms. The molecule has 1 aliphatic rings. The largest absolute Gasteiger partial charge is 0.381 e. The normalized spacial score (nSPS) is 20.5. The highest BCUT2D eigenvalue weighted by molar-refractivity contribution is 7.13. The van der Waals surface area contributed by atoms with E-state index >= 15 is 0 Å². The molecule has 1 saturated heterocycles. The van der Waals surface area contributed by atoms with E-state index in [0.29, 0.717) is 19.1 Å². The van der Waals surface area contributed by atoms with Crippen LogP contribution in [0.1, 0.15) is 18.9 Å². The average molecular weight is 341 g/mol. The van der Waals surface area contributed by atoms with Crippen LogP contribution in [0.25, 0.3) is 10.4 Å². The summed E-state index contributed by atoms with van der Waals surface area (Å²) in [4.78, 5) is 15.6. The third-order valence-electron chi connectivity index (χ3n) is 4.52. The minimum absolute atomic E-state index is 0.00112. The zero-order valence-electron chi connectivity index (χ0n) is 14.0. The second-order valence-electron chi connectivity index (χ2n) is 6.26. The van der Waals surface area contributed by atoms with Gasteiger partial charge in [0.25, 0.3) is 0 Å². The zero-order chi connectivity index (χ0) is 16.9. The van der Waals surface area contributed by atoms with E-state index in [2.05, 4.69) is 37.1 Å². The van der Waals surface area contributed by atoms with Gasteiger partial charge in [-0.3, -0.25) is 4.79 Å². The van der Waals surface area contributed by atoms with E-state index in [1.165, 1.54) is 22.1 Å². The summed E-state index contributed by atoms with van der Waals surface area (Å²) in [5, 5.41) is 2.15. The Morgan fingerprint density at radius 3 is 2.92 bits per heavy atom. The summed E-state index contributed by atoms with van der Waals surface area (Å²) in [6.07, 6.45) is 2.31. The van der Waals surface area contributed by atoms with E-state index in [4.69, 9.17) is 4.74 Å². The number of benzene rings is 1. The Kier molecular flexibility index (Phi) is 5.48. The fourth-order valence-electron chi connectivity index (χ4n) is 3.22. The lowest BCUT2D eigenvalue weighted by Crippen LogP contribution is -2.46. The highest BCUT2D eigenvalue weighted by atomic mass is 32.1. The van der Waals surface area contributed by atoms with Gasteiger partial charge in [-0.1, -0.05) is 43.8 Å². The fourth-order valence-corrected chi connectivity index (χ4v) is 4.13. The van der Waals surface area contributed by atoms with Crippen molar-refractivity contribution in [3.63, 3.8) is 0 Å². The van der Waals surface area contributed by atoms with E-state index in [1.807, 2.05) is 23.1 Å². The number of carbonyl (C=O) groups is 1. The van der Waals surface area contributed by atoms with Crippen molar-refractivity contribution >= 4 is 17.2 Å². The lowest BCUT2D eigenvalue weighted by molar-refractivity contribution is -0.133. The van der Waals surface area contributed by atoms with Crippen molar-refractivity contribution in [2.75, 3.05) is 13.2 Å². The molecule has 0 bridgehead atoms. The minimum atomic E-state index is 0.00112. The Balaban J connectivity index is 1.79. The molecule has 3 rings (SSSR count). The molecule has 2 aromatic rings. The van der Waals surface area contributed by atoms with Crippen LogP contribution in [-0.2, 0) is 16.1 Å². The Hall–Kier alpha value is -1.91. The van der Waals surface area contributed by atoms with Crippen molar-refractivity contribution in [1.82, 2.24) is 4.90 Å². The molecule has 126 valence electrons. The summed E-state index contributed by atoms with van der Waals surface area (Å²) < 4.78 is 5.53. The zero-order valence-corrected chi connectivity index (χ0v) is 14.8. The van der Waals surface area contributed by atoms with E-state index < -0.39 is 0 Å². The van der Waals surface area contributed by atoms with Gasteiger partial charge < -0.3 is 9.64 Å². The molecule has 1 aromatic carbocycles. The molecule has 0 saturated carbocycles. The smallest absolute Gasteiger partial charge is 0.246 e. The third-order valence-corrected chi connectivity index (χ3v) is 5.55. The number of hydrogen-bond acceptors (Lipinski definition) is 3. The van der Waals surface area contributed by atoms with Gasteiger partial charge in [0.05, 0.1) is 6.61 Å². The number of nitrogens with zero attached hydrogens (tertiary/aromatic N) is 1. The first-order valence-corrected chi connectivity index (χ1v) is 9.20. The highest BCUT2D eigenvalue weighted by Crippen LogP contribution is 2.29. The summed E-state index contributed by atoms with van der Waals surface area (Å²) in [6.45, 7) is 7.88. The average Bonchev–Trinajstić information content (AvgIpc) is 3.09. The van der Waals surface area contributed by atoms with Gasteiger partial charge in [-0.05, 0) is 35.1 Å². The SMILES string of the molecule is C=CC(=O)N(Cc1csc(-c2ccccc2)c1)C1CCOCC1C. The minimum Gasteiger partial charge on any atom is -0.381 e. The Morgan fingerprint density at radius 1 is 1.42 bits per heavy atom. The molecular formula is C20H23NO2S. The Bertz CT molecular complexity index is 695. The molecule has 2 unspecified atom stereocenters. The van der Waals surface area contributed by atoms with Crippen LogP contribution in [-0.4, -0.2) is 30.1 Å². The van der Waals surface area contributed by atoms with Gasteiger partial charge in [0, 0.05) is 30.0 Å². The predicted octanol–water partition coefficient (Wildman–Crippen LogP) is 4.35. The monoisotopic (exact) mass is 341 g/mol. The maximum atomic E-state index is 12.4. The quantitative estimate of drug-likeness (QED) is 0.757. The number of ether oxygens (including phenoxy) is 1. The molecule has 2 heterocycles. The molecule has 4 heteroatoms. The van der Waals surface area contributed by atoms with Crippen molar-refractivity contribution in [3.05, 3.63) is 60.0 Å². The highest BCUT2D eigenvalue weighted by Gasteiger charge is 2.30. The van der Waals surface area contributed by atoms with Crippen LogP contribution in [0, 0.1) is 5.92 Å². The number of amides is 1. The molecule has 1 aliphatic heterocycles. The maximum absolute atomic E-state index is 12.4. The summed E-state index contributed by atoms with van der Waals surface area (Å²) in [7, 11) is 0. The van der Waals surface area contributed by atoms with E-state index in [0.717, 1.165) is 13.0 Å². The van der Waals surface area contributed by atoms with Crippen LogP contribution in [0.15, 0.2) is 54.4 Å². The summed E-state index contributed by atoms with van der Waals surface area (Å²) in [5.74, 6) is 0.344. The molecule has 1 amide bonds. The topological polar surface area (TPSA) is 29.5 Å². The lowest BCUT2D eigenvalue weighted by atomic mass is 9.95. The molecule has 0 N–H and O–H groups in total. The van der Waals surface area contributed by atoms with Crippen LogP contribution in [0.5, 0.6) is 0 Å². The number of thiophene rings is 1. The van der Waals surface area contributed by atoms with Crippen LogP contribution in [0.4, 0.5) is 0 Å². The first-order chi connectivity index (χ1) is 11.7. The van der Waals surface area contributed by atoms with Crippen molar-refractivity contribution in [1.29, 1.82) is 0 Å². The van der Waals surface area contributed by atoms with Gasteiger partial charge in [-0.25, -0.2) is 0 Å². The molecular weight excluding hydrogens is 318 g/mol. The molecule has 0 aliphatic carbocycles. The second-order valence-corrected chi connectivity index (χ2v) is 7.17. The number of rotatable bonds is 5. The van der Waals surface area contributed by atoms with E-state index in [1.54, 1.807) is 11.3 Å². The molecule has 3 nitrogen and oxygen atoms in total. The van der Waals surface area contributed by atoms with Crippen LogP contribution >= 0.6 is 11.3 Å². The fraction of sp³-hybridized carbons (Fsp3) is 0.350. The standard InChI is InChI=1S/C20H23NO2S/c1-3-20(22)21(18-9-10-23-13-15(18)2)12-16-11-19(24-14-16)17-7-5-4-6-8-17/h3-8,11,14-15,18H,1,9-10,12-13H2,2H3. The maximum Gasteiger partial charge on any atom is 0.246 e. The van der Waals surface area contributed by atoms with Crippen LogP contribution in [0.3, 0.4) is 0 Å². The van der Waals surface area contributed by atoms with E-state index in [-0.39, 0.29) is 11.9 Å².